The molecule has 13 heavy (non-hydrogen) atoms. The van der Waals surface area contributed by atoms with Gasteiger partial charge in [-0.05, 0) is 6.92 Å². The summed E-state index contributed by atoms with van der Waals surface area (Å²) < 4.78 is 0. The van der Waals surface area contributed by atoms with Crippen LogP contribution in [0.1, 0.15) is 6.92 Å². The average Bonchev–Trinajstić information content (AvgIpc) is 2.09. The van der Waals surface area contributed by atoms with Crippen molar-refractivity contribution in [2.24, 2.45) is 5.73 Å². The number of likely N-dealkylation sites (N-methyl/N-ethyl adjacent to an activating group) is 1. The Morgan fingerprint density at radius 3 is 2.46 bits per heavy atom. The Kier molecular flexibility index (Phi) is 2.50. The van der Waals surface area contributed by atoms with Crippen molar-refractivity contribution in [2.45, 2.75) is 6.92 Å². The third-order valence-electron chi connectivity index (χ3n) is 1.96. The molecule has 1 rings (SSSR count). The van der Waals surface area contributed by atoms with Crippen LogP contribution < -0.4 is 5.73 Å². The molecule has 1 heterocycles. The lowest BCUT2D eigenvalue weighted by Crippen LogP contribution is -2.57. The second-order valence-electron chi connectivity index (χ2n) is 2.68. The molecule has 6 heteroatoms. The van der Waals surface area contributed by atoms with E-state index in [2.05, 4.69) is 0 Å². The van der Waals surface area contributed by atoms with E-state index >= 15 is 0 Å². The number of nitrogens with two attached hydrogens (primary N) is 1. The van der Waals surface area contributed by atoms with Crippen molar-refractivity contribution in [1.29, 1.82) is 0 Å². The van der Waals surface area contributed by atoms with Gasteiger partial charge < -0.3 is 10.6 Å². The zero-order valence-electron chi connectivity index (χ0n) is 7.32. The Hall–Kier alpha value is -1.59. The number of hydrogen-bond acceptors (Lipinski definition) is 3. The lowest BCUT2D eigenvalue weighted by atomic mass is 10.3. The third kappa shape index (κ3) is 1.61. The molecule has 0 aliphatic carbocycles. The topological polar surface area (TPSA) is 83.7 Å². The molecule has 1 saturated heterocycles. The second-order valence-corrected chi connectivity index (χ2v) is 2.68. The van der Waals surface area contributed by atoms with E-state index in [1.807, 2.05) is 0 Å². The van der Waals surface area contributed by atoms with Gasteiger partial charge >= 0.3 is 17.8 Å². The van der Waals surface area contributed by atoms with Crippen LogP contribution in [-0.4, -0.2) is 47.3 Å². The molecule has 0 spiro atoms. The van der Waals surface area contributed by atoms with Gasteiger partial charge in [0.1, 0.15) is 0 Å². The smallest absolute Gasteiger partial charge is 0.321 e. The first kappa shape index (κ1) is 9.50. The van der Waals surface area contributed by atoms with Crippen LogP contribution in [0.3, 0.4) is 0 Å². The van der Waals surface area contributed by atoms with E-state index in [-0.39, 0.29) is 6.54 Å². The number of urea groups is 1. The van der Waals surface area contributed by atoms with Crippen molar-refractivity contribution in [3.63, 3.8) is 0 Å². The molecule has 2 N–H and O–H groups in total. The van der Waals surface area contributed by atoms with Gasteiger partial charge in [-0.1, -0.05) is 0 Å². The molecule has 1 aliphatic heterocycles. The largest absolute Gasteiger partial charge is 0.351 e. The fraction of sp³-hybridized carbons (Fsp3) is 0.571. The maximum Gasteiger partial charge on any atom is 0.321 e. The fourth-order valence-corrected chi connectivity index (χ4v) is 1.19. The standard InChI is InChI=1S/C7H11N3O3/c1-2-9-3-4-10(7(8)13)6(12)5(9)11/h2-4H2,1H3,(H2,8,13). The predicted molar refractivity (Wildman–Crippen MR) is 43.6 cm³/mol. The van der Waals surface area contributed by atoms with Crippen molar-refractivity contribution >= 4 is 17.8 Å². The molecule has 0 aromatic heterocycles. The van der Waals surface area contributed by atoms with Gasteiger partial charge in [-0.3, -0.25) is 14.5 Å². The summed E-state index contributed by atoms with van der Waals surface area (Å²) >= 11 is 0. The number of carbonyl (C=O) groups is 3. The summed E-state index contributed by atoms with van der Waals surface area (Å²) in [6.07, 6.45) is 0. The molecule has 0 aromatic carbocycles. The van der Waals surface area contributed by atoms with E-state index < -0.39 is 17.8 Å². The van der Waals surface area contributed by atoms with E-state index in [0.717, 1.165) is 4.90 Å². The van der Waals surface area contributed by atoms with Crippen LogP contribution in [0.4, 0.5) is 4.79 Å². The highest BCUT2D eigenvalue weighted by Gasteiger charge is 2.34. The molecule has 0 unspecified atom stereocenters. The van der Waals surface area contributed by atoms with Gasteiger partial charge in [-0.15, -0.1) is 0 Å². The predicted octanol–water partition coefficient (Wildman–Crippen LogP) is -1.24. The van der Waals surface area contributed by atoms with Crippen molar-refractivity contribution in [1.82, 2.24) is 9.80 Å². The first-order valence-corrected chi connectivity index (χ1v) is 3.98. The SMILES string of the molecule is CCN1CCN(C(N)=O)C(=O)C1=O. The third-order valence-corrected chi connectivity index (χ3v) is 1.96. The molecular formula is C7H11N3O3. The van der Waals surface area contributed by atoms with Gasteiger partial charge in [-0.2, -0.15) is 0 Å². The second kappa shape index (κ2) is 3.42. The minimum absolute atomic E-state index is 0.188. The van der Waals surface area contributed by atoms with Crippen LogP contribution in [0, 0.1) is 0 Å². The van der Waals surface area contributed by atoms with Crippen LogP contribution in [0.25, 0.3) is 0 Å². The summed E-state index contributed by atoms with van der Waals surface area (Å²) in [5.41, 5.74) is 4.90. The van der Waals surface area contributed by atoms with Crippen LogP contribution in [0.2, 0.25) is 0 Å². The van der Waals surface area contributed by atoms with Crippen LogP contribution in [-0.2, 0) is 9.59 Å². The van der Waals surface area contributed by atoms with E-state index in [9.17, 15) is 14.4 Å². The summed E-state index contributed by atoms with van der Waals surface area (Å²) in [5.74, 6) is -1.49. The Balaban J connectivity index is 2.76. The Morgan fingerprint density at radius 2 is 2.00 bits per heavy atom. The van der Waals surface area contributed by atoms with Gasteiger partial charge in [0.2, 0.25) is 0 Å². The molecule has 1 aliphatic rings. The molecule has 4 amide bonds. The van der Waals surface area contributed by atoms with Crippen molar-refractivity contribution < 1.29 is 14.4 Å². The van der Waals surface area contributed by atoms with Crippen molar-refractivity contribution in [2.75, 3.05) is 19.6 Å². The monoisotopic (exact) mass is 185 g/mol. The van der Waals surface area contributed by atoms with Gasteiger partial charge in [0.05, 0.1) is 0 Å². The lowest BCUT2D eigenvalue weighted by Gasteiger charge is -2.30. The number of hydrogen-bond donors (Lipinski definition) is 1. The molecule has 1 fully saturated rings. The summed E-state index contributed by atoms with van der Waals surface area (Å²) in [7, 11) is 0. The number of carbonyl (C=O) groups excluding carboxylic acids is 3. The highest BCUT2D eigenvalue weighted by molar-refractivity contribution is 6.37. The molecule has 6 nitrogen and oxygen atoms in total. The quantitative estimate of drug-likeness (QED) is 0.518. The van der Waals surface area contributed by atoms with E-state index in [0.29, 0.717) is 13.1 Å². The number of rotatable bonds is 1. The van der Waals surface area contributed by atoms with E-state index in [4.69, 9.17) is 5.73 Å². The summed E-state index contributed by atoms with van der Waals surface area (Å²) in [6.45, 7) is 2.79. The molecule has 0 bridgehead atoms. The molecule has 72 valence electrons. The summed E-state index contributed by atoms with van der Waals surface area (Å²) in [5, 5.41) is 0. The summed E-state index contributed by atoms with van der Waals surface area (Å²) in [4.78, 5) is 35.2. The molecular weight excluding hydrogens is 174 g/mol. The first-order chi connectivity index (χ1) is 6.07. The lowest BCUT2D eigenvalue weighted by molar-refractivity contribution is -0.153. The number of imide groups is 1. The normalized spacial score (nSPS) is 17.9. The Bertz CT molecular complexity index is 264. The molecule has 0 atom stereocenters. The van der Waals surface area contributed by atoms with Crippen LogP contribution >= 0.6 is 0 Å². The maximum absolute atomic E-state index is 11.2. The van der Waals surface area contributed by atoms with Crippen molar-refractivity contribution in [3.8, 4) is 0 Å². The number of nitrogens with zero attached hydrogens (tertiary/aromatic N) is 2. The highest BCUT2D eigenvalue weighted by atomic mass is 16.2. The van der Waals surface area contributed by atoms with E-state index in [1.54, 1.807) is 6.92 Å². The minimum Gasteiger partial charge on any atom is -0.351 e. The van der Waals surface area contributed by atoms with Gasteiger partial charge in [0.25, 0.3) is 0 Å². The van der Waals surface area contributed by atoms with Gasteiger partial charge in [0, 0.05) is 19.6 Å². The molecule has 0 saturated carbocycles. The summed E-state index contributed by atoms with van der Waals surface area (Å²) in [6, 6.07) is -0.867. The van der Waals surface area contributed by atoms with Gasteiger partial charge in [-0.25, -0.2) is 4.79 Å². The molecule has 0 radical (unpaired) electrons. The zero-order valence-corrected chi connectivity index (χ0v) is 7.32. The zero-order chi connectivity index (χ0) is 10.0. The first-order valence-electron chi connectivity index (χ1n) is 3.98. The number of amides is 4. The Morgan fingerprint density at radius 1 is 1.38 bits per heavy atom. The maximum atomic E-state index is 11.2. The van der Waals surface area contributed by atoms with Crippen LogP contribution in [0.5, 0.6) is 0 Å². The van der Waals surface area contributed by atoms with E-state index in [1.165, 1.54) is 4.90 Å². The Labute approximate surface area is 75.3 Å². The fourth-order valence-electron chi connectivity index (χ4n) is 1.19. The average molecular weight is 185 g/mol. The highest BCUT2D eigenvalue weighted by Crippen LogP contribution is 2.03. The van der Waals surface area contributed by atoms with Crippen molar-refractivity contribution in [3.05, 3.63) is 0 Å². The minimum atomic E-state index is -0.867. The number of piperazine rings is 1. The van der Waals surface area contributed by atoms with Gasteiger partial charge in [0.15, 0.2) is 0 Å². The number of primary amides is 1. The van der Waals surface area contributed by atoms with Crippen LogP contribution in [0.15, 0.2) is 0 Å². The molecule has 0 aromatic rings.